The molecule has 2 nitrogen and oxygen atoms in total. The number of thioether (sulfide) groups is 1. The average molecular weight is 289 g/mol. The number of aryl methyl sites for hydroxylation is 1. The molecule has 0 amide bonds. The monoisotopic (exact) mass is 288 g/mol. The molecule has 84 valence electrons. The van der Waals surface area contributed by atoms with Crippen LogP contribution in [0.4, 0.5) is 5.82 Å². The van der Waals surface area contributed by atoms with E-state index in [4.69, 9.17) is 0 Å². The van der Waals surface area contributed by atoms with Crippen molar-refractivity contribution < 1.29 is 0 Å². The van der Waals surface area contributed by atoms with Crippen LogP contribution >= 0.6 is 27.7 Å². The maximum absolute atomic E-state index is 4.44. The molecular formula is C11H17BrN2S. The molecule has 4 heteroatoms. The van der Waals surface area contributed by atoms with Crippen LogP contribution in [0.15, 0.2) is 16.6 Å². The third-order valence-corrected chi connectivity index (χ3v) is 3.84. The summed E-state index contributed by atoms with van der Waals surface area (Å²) in [6, 6.07) is 4.03. The zero-order valence-electron chi connectivity index (χ0n) is 9.38. The third-order valence-electron chi connectivity index (χ3n) is 2.10. The van der Waals surface area contributed by atoms with Crippen molar-refractivity contribution in [2.75, 3.05) is 23.9 Å². The predicted molar refractivity (Wildman–Crippen MR) is 72.7 cm³/mol. The minimum atomic E-state index is 0.672. The van der Waals surface area contributed by atoms with Crippen molar-refractivity contribution in [1.82, 2.24) is 4.98 Å². The molecule has 0 bridgehead atoms. The molecular weight excluding hydrogens is 272 g/mol. The van der Waals surface area contributed by atoms with E-state index in [9.17, 15) is 0 Å². The lowest BCUT2D eigenvalue weighted by Gasteiger charge is -2.12. The van der Waals surface area contributed by atoms with Gasteiger partial charge in [0, 0.05) is 11.0 Å². The first kappa shape index (κ1) is 12.8. The van der Waals surface area contributed by atoms with Crippen LogP contribution in [0.2, 0.25) is 0 Å². The summed E-state index contributed by atoms with van der Waals surface area (Å²) in [7, 11) is 0. The molecule has 0 fully saturated rings. The Bertz CT molecular complexity index is 317. The second-order valence-corrected chi connectivity index (χ2v) is 5.47. The van der Waals surface area contributed by atoms with Crippen molar-refractivity contribution in [2.45, 2.75) is 13.8 Å². The number of pyridine rings is 1. The number of nitrogens with zero attached hydrogens (tertiary/aromatic N) is 1. The van der Waals surface area contributed by atoms with E-state index in [0.717, 1.165) is 22.5 Å². The summed E-state index contributed by atoms with van der Waals surface area (Å²) in [6.45, 7) is 5.23. The highest BCUT2D eigenvalue weighted by molar-refractivity contribution is 9.10. The van der Waals surface area contributed by atoms with Gasteiger partial charge in [-0.1, -0.05) is 6.92 Å². The standard InChI is InChI=1S/C11H17BrN2S/c1-8(7-15-3)6-13-11-5-4-10(12)9(2)14-11/h4-5,8H,6-7H2,1-3H3,(H,13,14). The first-order valence-electron chi connectivity index (χ1n) is 4.99. The van der Waals surface area contributed by atoms with Crippen molar-refractivity contribution >= 4 is 33.5 Å². The smallest absolute Gasteiger partial charge is 0.126 e. The van der Waals surface area contributed by atoms with Gasteiger partial charge in [0.1, 0.15) is 5.82 Å². The van der Waals surface area contributed by atoms with E-state index < -0.39 is 0 Å². The fourth-order valence-corrected chi connectivity index (χ4v) is 2.17. The Labute approximate surface area is 104 Å². The molecule has 0 aliphatic carbocycles. The molecule has 1 N–H and O–H groups in total. The second kappa shape index (κ2) is 6.38. The molecule has 0 aromatic carbocycles. The lowest BCUT2D eigenvalue weighted by molar-refractivity contribution is 0.699. The summed E-state index contributed by atoms with van der Waals surface area (Å²) in [6.07, 6.45) is 2.14. The predicted octanol–water partition coefficient (Wildman–Crippen LogP) is 3.56. The molecule has 1 heterocycles. The Morgan fingerprint density at radius 1 is 1.53 bits per heavy atom. The van der Waals surface area contributed by atoms with Crippen LogP contribution in [0.25, 0.3) is 0 Å². The summed E-state index contributed by atoms with van der Waals surface area (Å²) in [5.41, 5.74) is 1.03. The molecule has 0 aliphatic heterocycles. The van der Waals surface area contributed by atoms with Gasteiger partial charge in [-0.05, 0) is 52.9 Å². The molecule has 0 aliphatic rings. The van der Waals surface area contributed by atoms with E-state index in [1.54, 1.807) is 0 Å². The molecule has 1 unspecified atom stereocenters. The summed E-state index contributed by atoms with van der Waals surface area (Å²) >= 11 is 5.32. The first-order chi connectivity index (χ1) is 7.13. The average Bonchev–Trinajstić information content (AvgIpc) is 2.20. The molecule has 0 saturated heterocycles. The van der Waals surface area contributed by atoms with Crippen LogP contribution in [-0.2, 0) is 0 Å². The van der Waals surface area contributed by atoms with Crippen LogP contribution in [0.5, 0.6) is 0 Å². The van der Waals surface area contributed by atoms with Gasteiger partial charge in [-0.2, -0.15) is 11.8 Å². The third kappa shape index (κ3) is 4.43. The number of halogens is 1. The van der Waals surface area contributed by atoms with Gasteiger partial charge in [-0.3, -0.25) is 0 Å². The minimum absolute atomic E-state index is 0.672. The van der Waals surface area contributed by atoms with E-state index in [1.165, 1.54) is 5.75 Å². The summed E-state index contributed by atoms with van der Waals surface area (Å²) in [4.78, 5) is 4.44. The SMILES string of the molecule is CSCC(C)CNc1ccc(Br)c(C)n1. The van der Waals surface area contributed by atoms with Crippen LogP contribution in [0.1, 0.15) is 12.6 Å². The van der Waals surface area contributed by atoms with Crippen LogP contribution in [0, 0.1) is 12.8 Å². The topological polar surface area (TPSA) is 24.9 Å². The molecule has 0 radical (unpaired) electrons. The number of nitrogens with one attached hydrogen (secondary N) is 1. The summed E-state index contributed by atoms with van der Waals surface area (Å²) < 4.78 is 1.06. The van der Waals surface area contributed by atoms with Gasteiger partial charge < -0.3 is 5.32 Å². The van der Waals surface area contributed by atoms with E-state index >= 15 is 0 Å². The lowest BCUT2D eigenvalue weighted by atomic mass is 10.2. The molecule has 1 rings (SSSR count). The number of anilines is 1. The maximum atomic E-state index is 4.44. The number of rotatable bonds is 5. The Morgan fingerprint density at radius 2 is 2.27 bits per heavy atom. The number of hydrogen-bond donors (Lipinski definition) is 1. The minimum Gasteiger partial charge on any atom is -0.370 e. The van der Waals surface area contributed by atoms with Crippen molar-refractivity contribution in [3.63, 3.8) is 0 Å². The largest absolute Gasteiger partial charge is 0.370 e. The molecule has 1 aromatic heterocycles. The van der Waals surface area contributed by atoms with E-state index in [-0.39, 0.29) is 0 Å². The van der Waals surface area contributed by atoms with Crippen LogP contribution in [-0.4, -0.2) is 23.5 Å². The zero-order chi connectivity index (χ0) is 11.3. The van der Waals surface area contributed by atoms with Crippen molar-refractivity contribution in [1.29, 1.82) is 0 Å². The van der Waals surface area contributed by atoms with Gasteiger partial charge in [-0.15, -0.1) is 0 Å². The van der Waals surface area contributed by atoms with E-state index in [0.29, 0.717) is 5.92 Å². The molecule has 1 aromatic rings. The van der Waals surface area contributed by atoms with Gasteiger partial charge >= 0.3 is 0 Å². The quantitative estimate of drug-likeness (QED) is 0.897. The van der Waals surface area contributed by atoms with Gasteiger partial charge in [0.05, 0.1) is 5.69 Å². The molecule has 0 saturated carbocycles. The lowest BCUT2D eigenvalue weighted by Crippen LogP contribution is -2.14. The highest BCUT2D eigenvalue weighted by Crippen LogP contribution is 2.16. The van der Waals surface area contributed by atoms with Gasteiger partial charge in [0.25, 0.3) is 0 Å². The Balaban J connectivity index is 2.47. The normalized spacial score (nSPS) is 12.5. The second-order valence-electron chi connectivity index (χ2n) is 3.71. The van der Waals surface area contributed by atoms with E-state index in [1.807, 2.05) is 30.8 Å². The summed E-state index contributed by atoms with van der Waals surface area (Å²) in [5.74, 6) is 2.82. The van der Waals surface area contributed by atoms with Crippen LogP contribution < -0.4 is 5.32 Å². The highest BCUT2D eigenvalue weighted by atomic mass is 79.9. The first-order valence-corrected chi connectivity index (χ1v) is 7.18. The fourth-order valence-electron chi connectivity index (χ4n) is 1.26. The molecule has 15 heavy (non-hydrogen) atoms. The number of aromatic nitrogens is 1. The maximum Gasteiger partial charge on any atom is 0.126 e. The van der Waals surface area contributed by atoms with Crippen molar-refractivity contribution in [2.24, 2.45) is 5.92 Å². The Hall–Kier alpha value is -0.220. The van der Waals surface area contributed by atoms with Crippen molar-refractivity contribution in [3.05, 3.63) is 22.3 Å². The van der Waals surface area contributed by atoms with Crippen molar-refractivity contribution in [3.8, 4) is 0 Å². The fraction of sp³-hybridized carbons (Fsp3) is 0.545. The highest BCUT2D eigenvalue weighted by Gasteiger charge is 2.02. The zero-order valence-corrected chi connectivity index (χ0v) is 11.8. The van der Waals surface area contributed by atoms with Gasteiger partial charge in [0.2, 0.25) is 0 Å². The molecule has 0 spiro atoms. The molecule has 1 atom stereocenters. The van der Waals surface area contributed by atoms with Gasteiger partial charge in [0.15, 0.2) is 0 Å². The number of hydrogen-bond acceptors (Lipinski definition) is 3. The Morgan fingerprint density at radius 3 is 2.87 bits per heavy atom. The van der Waals surface area contributed by atoms with Gasteiger partial charge in [-0.25, -0.2) is 4.98 Å². The van der Waals surface area contributed by atoms with Crippen LogP contribution in [0.3, 0.4) is 0 Å². The van der Waals surface area contributed by atoms with E-state index in [2.05, 4.69) is 39.4 Å². The summed E-state index contributed by atoms with van der Waals surface area (Å²) in [5, 5.41) is 3.35. The Kier molecular flexibility index (Phi) is 5.47.